The van der Waals surface area contributed by atoms with Crippen LogP contribution in [0.15, 0.2) is 73.0 Å². The number of methoxy groups -OCH3 is 2. The van der Waals surface area contributed by atoms with Gasteiger partial charge < -0.3 is 14.0 Å². The van der Waals surface area contributed by atoms with E-state index in [2.05, 4.69) is 0 Å². The Morgan fingerprint density at radius 1 is 1.03 bits per heavy atom. The lowest BCUT2D eigenvalue weighted by Gasteiger charge is -2.07. The topological polar surface area (TPSA) is 57.5 Å². The zero-order valence-electron chi connectivity index (χ0n) is 18.2. The minimum atomic E-state index is -0.444. The van der Waals surface area contributed by atoms with E-state index in [1.165, 1.54) is 7.11 Å². The lowest BCUT2D eigenvalue weighted by molar-refractivity contribution is 0.0600. The van der Waals surface area contributed by atoms with Crippen molar-refractivity contribution >= 4 is 29.4 Å². The number of rotatable bonds is 8. The minimum Gasteiger partial charge on any atom is -0.497 e. The molecular weight excluding hydrogens is 426 g/mol. The molecule has 0 saturated carbocycles. The quantitative estimate of drug-likeness (QED) is 0.250. The number of carbonyl (C=O) groups is 2. The fourth-order valence-electron chi connectivity index (χ4n) is 3.26. The van der Waals surface area contributed by atoms with E-state index in [0.29, 0.717) is 39.7 Å². The molecule has 32 heavy (non-hydrogen) atoms. The zero-order chi connectivity index (χ0) is 23.1. The van der Waals surface area contributed by atoms with Gasteiger partial charge in [0, 0.05) is 23.3 Å². The molecule has 3 aromatic rings. The van der Waals surface area contributed by atoms with Crippen LogP contribution in [0.2, 0.25) is 5.02 Å². The van der Waals surface area contributed by atoms with E-state index in [1.54, 1.807) is 49.6 Å². The van der Waals surface area contributed by atoms with Crippen molar-refractivity contribution in [3.05, 3.63) is 106 Å². The molecule has 0 saturated heterocycles. The molecule has 2 aromatic carbocycles. The second-order valence-corrected chi connectivity index (χ2v) is 7.56. The van der Waals surface area contributed by atoms with Crippen LogP contribution in [0.25, 0.3) is 6.08 Å². The Balaban J connectivity index is 1.73. The van der Waals surface area contributed by atoms with Crippen molar-refractivity contribution < 1.29 is 19.1 Å². The first kappa shape index (κ1) is 23.1. The van der Waals surface area contributed by atoms with E-state index >= 15 is 0 Å². The molecule has 0 N–H and O–H groups in total. The highest BCUT2D eigenvalue weighted by Gasteiger charge is 2.14. The molecule has 0 aliphatic rings. The van der Waals surface area contributed by atoms with Crippen LogP contribution in [-0.4, -0.2) is 30.5 Å². The van der Waals surface area contributed by atoms with Gasteiger partial charge >= 0.3 is 5.97 Å². The third-order valence-corrected chi connectivity index (χ3v) is 5.10. The van der Waals surface area contributed by atoms with Gasteiger partial charge in [-0.25, -0.2) is 4.79 Å². The Bertz CT molecular complexity index is 1170. The molecule has 0 fully saturated rings. The summed E-state index contributed by atoms with van der Waals surface area (Å²) >= 11 is 5.99. The van der Waals surface area contributed by atoms with Crippen molar-refractivity contribution in [1.29, 1.82) is 0 Å². The van der Waals surface area contributed by atoms with Crippen LogP contribution in [-0.2, 0) is 11.3 Å². The number of nitrogens with zero attached hydrogens (tertiary/aromatic N) is 1. The number of ether oxygens (including phenoxy) is 2. The van der Waals surface area contributed by atoms with E-state index in [9.17, 15) is 9.59 Å². The Hall–Kier alpha value is -3.57. The van der Waals surface area contributed by atoms with Gasteiger partial charge in [0.2, 0.25) is 5.78 Å². The number of halogens is 1. The van der Waals surface area contributed by atoms with Crippen LogP contribution in [0.5, 0.6) is 5.75 Å². The highest BCUT2D eigenvalue weighted by atomic mass is 35.5. The van der Waals surface area contributed by atoms with Gasteiger partial charge in [0.1, 0.15) is 5.75 Å². The number of ketones is 1. The molecule has 0 aliphatic heterocycles. The fraction of sp³-hybridized carbons (Fsp3) is 0.154. The van der Waals surface area contributed by atoms with Gasteiger partial charge in [-0.3, -0.25) is 4.79 Å². The molecule has 1 aromatic heterocycles. The number of esters is 1. The highest BCUT2D eigenvalue weighted by molar-refractivity contribution is 6.31. The van der Waals surface area contributed by atoms with E-state index in [0.717, 1.165) is 5.56 Å². The second-order valence-electron chi connectivity index (χ2n) is 7.12. The smallest absolute Gasteiger partial charge is 0.338 e. The van der Waals surface area contributed by atoms with Crippen molar-refractivity contribution in [2.75, 3.05) is 14.2 Å². The van der Waals surface area contributed by atoms with Gasteiger partial charge in [-0.05, 0) is 60.5 Å². The maximum atomic E-state index is 13.0. The van der Waals surface area contributed by atoms with Crippen molar-refractivity contribution in [3.8, 4) is 5.75 Å². The normalized spacial score (nSPS) is 11.2. The minimum absolute atomic E-state index is 0.0476. The Morgan fingerprint density at radius 2 is 1.78 bits per heavy atom. The summed E-state index contributed by atoms with van der Waals surface area (Å²) in [4.78, 5) is 24.9. The first-order valence-corrected chi connectivity index (χ1v) is 10.4. The highest BCUT2D eigenvalue weighted by Crippen LogP contribution is 2.19. The number of hydrogen-bond donors (Lipinski definition) is 0. The number of allylic oxidation sites excluding steroid dienone is 3. The van der Waals surface area contributed by atoms with Crippen molar-refractivity contribution in [3.63, 3.8) is 0 Å². The van der Waals surface area contributed by atoms with Gasteiger partial charge in [0.05, 0.1) is 25.5 Å². The predicted octanol–water partition coefficient (Wildman–Crippen LogP) is 5.75. The molecule has 6 heteroatoms. The van der Waals surface area contributed by atoms with Gasteiger partial charge in [0.15, 0.2) is 0 Å². The summed E-state index contributed by atoms with van der Waals surface area (Å²) in [6.07, 6.45) is 9.39. The molecule has 1 heterocycles. The summed E-state index contributed by atoms with van der Waals surface area (Å²) in [7, 11) is 2.93. The van der Waals surface area contributed by atoms with Crippen LogP contribution < -0.4 is 4.74 Å². The maximum absolute atomic E-state index is 13.0. The average molecular weight is 450 g/mol. The Labute approximate surface area is 192 Å². The standard InChI is InChI=1S/C26H24ClNO4/c1-18-15-24(25(29)20-9-12-22(31-2)13-10-20)28(17-18)14-6-4-5-7-19-8-11-21(27)16-23(19)26(30)32-3/h4-13,15-17H,14H2,1-3H3. The largest absolute Gasteiger partial charge is 0.497 e. The maximum Gasteiger partial charge on any atom is 0.338 e. The number of carbonyl (C=O) groups excluding carboxylic acids is 2. The van der Waals surface area contributed by atoms with Crippen LogP contribution in [0.3, 0.4) is 0 Å². The second kappa shape index (κ2) is 10.6. The van der Waals surface area contributed by atoms with Gasteiger partial charge in [-0.2, -0.15) is 0 Å². The van der Waals surface area contributed by atoms with Gasteiger partial charge in [-0.15, -0.1) is 0 Å². The monoisotopic (exact) mass is 449 g/mol. The lowest BCUT2D eigenvalue weighted by Crippen LogP contribution is -2.09. The van der Waals surface area contributed by atoms with E-state index in [-0.39, 0.29) is 5.78 Å². The fourth-order valence-corrected chi connectivity index (χ4v) is 3.43. The summed E-state index contributed by atoms with van der Waals surface area (Å²) in [5.41, 5.74) is 3.34. The summed E-state index contributed by atoms with van der Waals surface area (Å²) < 4.78 is 11.9. The number of benzene rings is 2. The molecule has 0 atom stereocenters. The van der Waals surface area contributed by atoms with Crippen LogP contribution in [0.1, 0.15) is 37.5 Å². The van der Waals surface area contributed by atoms with Crippen molar-refractivity contribution in [1.82, 2.24) is 4.57 Å². The first-order valence-electron chi connectivity index (χ1n) is 9.99. The number of aryl methyl sites for hydroxylation is 1. The number of hydrogen-bond acceptors (Lipinski definition) is 4. The molecular formula is C26H24ClNO4. The molecule has 0 spiro atoms. The summed E-state index contributed by atoms with van der Waals surface area (Å²) in [6, 6.07) is 14.0. The molecule has 0 aliphatic carbocycles. The number of aromatic nitrogens is 1. The van der Waals surface area contributed by atoms with Crippen LogP contribution in [0, 0.1) is 6.92 Å². The summed E-state index contributed by atoms with van der Waals surface area (Å²) in [6.45, 7) is 2.49. The van der Waals surface area contributed by atoms with Crippen LogP contribution >= 0.6 is 11.6 Å². The molecule has 0 bridgehead atoms. The zero-order valence-corrected chi connectivity index (χ0v) is 18.9. The van der Waals surface area contributed by atoms with E-state index < -0.39 is 5.97 Å². The van der Waals surface area contributed by atoms with Gasteiger partial charge in [0.25, 0.3) is 0 Å². The van der Waals surface area contributed by atoms with Gasteiger partial charge in [-0.1, -0.05) is 42.0 Å². The Morgan fingerprint density at radius 3 is 2.47 bits per heavy atom. The SMILES string of the molecule is COC(=O)c1cc(Cl)ccc1C=CC=CCn1cc(C)cc1C(=O)c1ccc(OC)cc1. The predicted molar refractivity (Wildman–Crippen MR) is 127 cm³/mol. The lowest BCUT2D eigenvalue weighted by atomic mass is 10.1. The molecule has 5 nitrogen and oxygen atoms in total. The van der Waals surface area contributed by atoms with Crippen molar-refractivity contribution in [2.24, 2.45) is 0 Å². The van der Waals surface area contributed by atoms with E-state index in [4.69, 9.17) is 21.1 Å². The first-order chi connectivity index (χ1) is 15.4. The average Bonchev–Trinajstić information content (AvgIpc) is 3.18. The third-order valence-electron chi connectivity index (χ3n) is 4.86. The summed E-state index contributed by atoms with van der Waals surface area (Å²) in [5.74, 6) is 0.216. The molecule has 3 rings (SSSR count). The molecule has 164 valence electrons. The third kappa shape index (κ3) is 5.56. The van der Waals surface area contributed by atoms with Crippen LogP contribution in [0.4, 0.5) is 0 Å². The molecule has 0 radical (unpaired) electrons. The van der Waals surface area contributed by atoms with Crippen molar-refractivity contribution in [2.45, 2.75) is 13.5 Å². The molecule has 0 unspecified atom stereocenters. The summed E-state index contributed by atoms with van der Waals surface area (Å²) in [5, 5.41) is 0.468. The Kier molecular flexibility index (Phi) is 7.68. The van der Waals surface area contributed by atoms with E-state index in [1.807, 2.05) is 48.1 Å². The molecule has 0 amide bonds.